The summed E-state index contributed by atoms with van der Waals surface area (Å²) < 4.78 is 57.2. The molecule has 0 amide bonds. The quantitative estimate of drug-likeness (QED) is 0.233. The monoisotopic (exact) mass is 534 g/mol. The van der Waals surface area contributed by atoms with Gasteiger partial charge in [-0.15, -0.1) is 0 Å². The zero-order valence-electron chi connectivity index (χ0n) is 21.7. The summed E-state index contributed by atoms with van der Waals surface area (Å²) in [5, 5.41) is 9.53. The molecule has 0 bridgehead atoms. The molecular weight excluding hydrogens is 508 g/mol. The lowest BCUT2D eigenvalue weighted by atomic mass is 9.95. The minimum atomic E-state index is -4.50. The molecule has 0 aliphatic heterocycles. The molecule has 3 heterocycles. The van der Waals surface area contributed by atoms with Gasteiger partial charge in [0.2, 0.25) is 0 Å². The Balaban J connectivity index is 1.38. The van der Waals surface area contributed by atoms with Crippen molar-refractivity contribution in [3.8, 4) is 17.1 Å². The number of aryl methyl sites for hydroxylation is 3. The summed E-state index contributed by atoms with van der Waals surface area (Å²) in [7, 11) is 0. The minimum Gasteiger partial charge on any atom is -0.242 e. The van der Waals surface area contributed by atoms with Gasteiger partial charge >= 0.3 is 6.18 Å². The number of nitrogens with zero attached hydrogens (tertiary/aromatic N) is 6. The Hall–Kier alpha value is -4.08. The Kier molecular flexibility index (Phi) is 6.00. The summed E-state index contributed by atoms with van der Waals surface area (Å²) >= 11 is 0. The normalized spacial score (nSPS) is 13.5. The zero-order chi connectivity index (χ0) is 27.5. The van der Waals surface area contributed by atoms with Gasteiger partial charge in [0.05, 0.1) is 29.0 Å². The van der Waals surface area contributed by atoms with Gasteiger partial charge in [0.1, 0.15) is 5.82 Å². The van der Waals surface area contributed by atoms with Crippen LogP contribution in [0.2, 0.25) is 0 Å². The first-order valence-corrected chi connectivity index (χ1v) is 12.9. The molecule has 2 aromatic carbocycles. The smallest absolute Gasteiger partial charge is 0.242 e. The molecule has 1 aliphatic carbocycles. The Morgan fingerprint density at radius 2 is 1.69 bits per heavy atom. The van der Waals surface area contributed by atoms with Crippen LogP contribution in [0.25, 0.3) is 28.1 Å². The van der Waals surface area contributed by atoms with E-state index in [9.17, 15) is 17.6 Å². The number of hydrogen-bond donors (Lipinski definition) is 0. The van der Waals surface area contributed by atoms with Crippen LogP contribution in [0.1, 0.15) is 60.1 Å². The summed E-state index contributed by atoms with van der Waals surface area (Å²) in [6, 6.07) is 13.2. The van der Waals surface area contributed by atoms with Crippen molar-refractivity contribution >= 4 is 11.0 Å². The average molecular weight is 535 g/mol. The molecule has 0 N–H and O–H groups in total. The third kappa shape index (κ3) is 4.47. The molecule has 1 aliphatic rings. The van der Waals surface area contributed by atoms with Crippen LogP contribution in [-0.4, -0.2) is 29.5 Å². The molecule has 0 unspecified atom stereocenters. The molecule has 3 aromatic heterocycles. The lowest BCUT2D eigenvalue weighted by Crippen LogP contribution is -2.08. The molecular formula is C29H26F4N6. The lowest BCUT2D eigenvalue weighted by molar-refractivity contribution is -0.141. The van der Waals surface area contributed by atoms with E-state index in [1.165, 1.54) is 10.7 Å². The standard InChI is InChI=1S/C29H26F4N6/c1-16(2)25-20(6-4-7-21(25)30)27-34-22-8-5-9-23-26(22)28(35-27)38(36-23)15-18-10-12-19(13-11-18)39-17(3)14-24(37-39)29(31,32)33/h4,6-7,10-14,16H,5,8-9,15H2,1-3H3. The van der Waals surface area contributed by atoms with E-state index >= 15 is 0 Å². The van der Waals surface area contributed by atoms with E-state index < -0.39 is 11.9 Å². The van der Waals surface area contributed by atoms with Gasteiger partial charge < -0.3 is 0 Å². The van der Waals surface area contributed by atoms with Crippen LogP contribution in [0.3, 0.4) is 0 Å². The van der Waals surface area contributed by atoms with Gasteiger partial charge in [-0.3, -0.25) is 0 Å². The first kappa shape index (κ1) is 25.2. The van der Waals surface area contributed by atoms with E-state index in [4.69, 9.17) is 15.1 Å². The second kappa shape index (κ2) is 9.29. The number of alkyl halides is 3. The number of benzene rings is 2. The Morgan fingerprint density at radius 1 is 0.949 bits per heavy atom. The molecule has 6 rings (SSSR count). The van der Waals surface area contributed by atoms with Crippen LogP contribution in [-0.2, 0) is 25.6 Å². The van der Waals surface area contributed by atoms with Crippen LogP contribution in [0.4, 0.5) is 17.6 Å². The maximum Gasteiger partial charge on any atom is 0.435 e. The Labute approximate surface area is 222 Å². The van der Waals surface area contributed by atoms with Crippen molar-refractivity contribution in [3.05, 3.63) is 88.3 Å². The van der Waals surface area contributed by atoms with Gasteiger partial charge in [-0.05, 0) is 61.9 Å². The second-order valence-electron chi connectivity index (χ2n) is 10.3. The highest BCUT2D eigenvalue weighted by Gasteiger charge is 2.34. The molecule has 0 atom stereocenters. The molecule has 0 saturated heterocycles. The Morgan fingerprint density at radius 3 is 2.38 bits per heavy atom. The van der Waals surface area contributed by atoms with Crippen molar-refractivity contribution in [1.29, 1.82) is 0 Å². The summed E-state index contributed by atoms with van der Waals surface area (Å²) in [5.41, 5.74) is 4.76. The maximum atomic E-state index is 14.8. The molecule has 0 radical (unpaired) electrons. The fraction of sp³-hybridized carbons (Fsp3) is 0.310. The number of halogens is 4. The van der Waals surface area contributed by atoms with Gasteiger partial charge in [-0.1, -0.05) is 38.1 Å². The van der Waals surface area contributed by atoms with E-state index in [-0.39, 0.29) is 11.7 Å². The molecule has 0 spiro atoms. The maximum absolute atomic E-state index is 14.8. The van der Waals surface area contributed by atoms with Crippen molar-refractivity contribution in [2.75, 3.05) is 0 Å². The molecule has 39 heavy (non-hydrogen) atoms. The van der Waals surface area contributed by atoms with Crippen LogP contribution in [0.5, 0.6) is 0 Å². The van der Waals surface area contributed by atoms with Gasteiger partial charge in [0.15, 0.2) is 17.2 Å². The zero-order valence-corrected chi connectivity index (χ0v) is 21.7. The number of aromatic nitrogens is 6. The number of hydrogen-bond acceptors (Lipinski definition) is 4. The molecule has 200 valence electrons. The first-order valence-electron chi connectivity index (χ1n) is 12.9. The van der Waals surface area contributed by atoms with Crippen LogP contribution < -0.4 is 0 Å². The topological polar surface area (TPSA) is 61.4 Å². The summed E-state index contributed by atoms with van der Waals surface area (Å²) in [4.78, 5) is 9.75. The van der Waals surface area contributed by atoms with Gasteiger partial charge in [-0.25, -0.2) is 23.7 Å². The van der Waals surface area contributed by atoms with E-state index in [1.807, 2.05) is 36.7 Å². The third-order valence-corrected chi connectivity index (χ3v) is 7.13. The van der Waals surface area contributed by atoms with E-state index in [1.54, 1.807) is 25.1 Å². The van der Waals surface area contributed by atoms with Crippen molar-refractivity contribution in [1.82, 2.24) is 29.5 Å². The van der Waals surface area contributed by atoms with Crippen molar-refractivity contribution in [2.45, 2.75) is 58.7 Å². The predicted octanol–water partition coefficient (Wildman–Crippen LogP) is 6.81. The highest BCUT2D eigenvalue weighted by atomic mass is 19.4. The highest BCUT2D eigenvalue weighted by molar-refractivity contribution is 5.84. The van der Waals surface area contributed by atoms with Gasteiger partial charge in [0.25, 0.3) is 0 Å². The van der Waals surface area contributed by atoms with E-state index in [0.717, 1.165) is 47.7 Å². The average Bonchev–Trinajstić information content (AvgIpc) is 3.46. The largest absolute Gasteiger partial charge is 0.435 e. The highest BCUT2D eigenvalue weighted by Crippen LogP contribution is 2.34. The summed E-state index contributed by atoms with van der Waals surface area (Å²) in [6.45, 7) is 5.91. The van der Waals surface area contributed by atoms with Crippen molar-refractivity contribution in [3.63, 3.8) is 0 Å². The van der Waals surface area contributed by atoms with Crippen molar-refractivity contribution in [2.24, 2.45) is 0 Å². The fourth-order valence-corrected chi connectivity index (χ4v) is 5.34. The van der Waals surface area contributed by atoms with E-state index in [0.29, 0.717) is 40.5 Å². The molecule has 6 nitrogen and oxygen atoms in total. The van der Waals surface area contributed by atoms with Crippen molar-refractivity contribution < 1.29 is 17.6 Å². The molecule has 0 saturated carbocycles. The lowest BCUT2D eigenvalue weighted by Gasteiger charge is -2.15. The summed E-state index contributed by atoms with van der Waals surface area (Å²) in [5.74, 6) is 0.172. The van der Waals surface area contributed by atoms with E-state index in [2.05, 4.69) is 5.10 Å². The Bertz CT molecular complexity index is 1700. The fourth-order valence-electron chi connectivity index (χ4n) is 5.34. The first-order chi connectivity index (χ1) is 18.6. The predicted molar refractivity (Wildman–Crippen MR) is 139 cm³/mol. The second-order valence-corrected chi connectivity index (χ2v) is 10.3. The van der Waals surface area contributed by atoms with Crippen LogP contribution in [0, 0.1) is 12.7 Å². The third-order valence-electron chi connectivity index (χ3n) is 7.13. The summed E-state index contributed by atoms with van der Waals surface area (Å²) in [6.07, 6.45) is -1.95. The minimum absolute atomic E-state index is 0.0403. The molecule has 10 heteroatoms. The molecule has 0 fully saturated rings. The van der Waals surface area contributed by atoms with Gasteiger partial charge in [0, 0.05) is 16.8 Å². The van der Waals surface area contributed by atoms with Crippen LogP contribution >= 0.6 is 0 Å². The number of rotatable bonds is 5. The SMILES string of the molecule is Cc1cc(C(F)(F)F)nn1-c1ccc(Cn2nc3c4c(nc(-c5cccc(F)c5C(C)C)nc42)CCC3)cc1. The van der Waals surface area contributed by atoms with Gasteiger partial charge in [-0.2, -0.15) is 23.4 Å². The molecule has 5 aromatic rings. The van der Waals surface area contributed by atoms with Crippen LogP contribution in [0.15, 0.2) is 48.5 Å².